The van der Waals surface area contributed by atoms with E-state index in [4.69, 9.17) is 9.31 Å². The average molecular weight is 345 g/mol. The number of imidazole rings is 1. The average Bonchev–Trinajstić information content (AvgIpc) is 3.03. The third-order valence-corrected chi connectivity index (χ3v) is 5.30. The Bertz CT molecular complexity index is 835. The maximum Gasteiger partial charge on any atom is 0.496 e. The number of rotatable bonds is 3. The summed E-state index contributed by atoms with van der Waals surface area (Å²) in [7, 11) is -0.464. The van der Waals surface area contributed by atoms with Crippen LogP contribution in [0.2, 0.25) is 0 Å². The molecule has 0 unspecified atom stereocenters. The Hall–Kier alpha value is -1.93. The van der Waals surface area contributed by atoms with Crippen LogP contribution in [0.15, 0.2) is 24.5 Å². The Morgan fingerprint density at radius 1 is 1.28 bits per heavy atom. The van der Waals surface area contributed by atoms with Crippen molar-refractivity contribution < 1.29 is 18.5 Å². The molecule has 1 amide bonds. The van der Waals surface area contributed by atoms with Crippen molar-refractivity contribution in [3.63, 3.8) is 0 Å². The van der Waals surface area contributed by atoms with E-state index in [0.29, 0.717) is 17.9 Å². The summed E-state index contributed by atoms with van der Waals surface area (Å²) < 4.78 is 26.9. The molecule has 1 aliphatic carbocycles. The number of carbonyl (C=O) groups is 1. The Balaban J connectivity index is 1.56. The first-order valence-electron chi connectivity index (χ1n) is 8.45. The highest BCUT2D eigenvalue weighted by Crippen LogP contribution is 2.36. The maximum absolute atomic E-state index is 13.0. The summed E-state index contributed by atoms with van der Waals surface area (Å²) >= 11 is 0. The van der Waals surface area contributed by atoms with Crippen molar-refractivity contribution in [3.8, 4) is 0 Å². The van der Waals surface area contributed by atoms with Crippen molar-refractivity contribution in [2.75, 3.05) is 5.32 Å². The van der Waals surface area contributed by atoms with E-state index in [-0.39, 0.29) is 5.91 Å². The van der Waals surface area contributed by atoms with Crippen LogP contribution in [0.4, 0.5) is 10.2 Å². The Morgan fingerprint density at radius 3 is 2.52 bits per heavy atom. The van der Waals surface area contributed by atoms with E-state index in [2.05, 4.69) is 10.3 Å². The highest BCUT2D eigenvalue weighted by atomic mass is 19.1. The minimum Gasteiger partial charge on any atom is -0.399 e. The summed E-state index contributed by atoms with van der Waals surface area (Å²) in [5.74, 6) is -0.442. The predicted octanol–water partition coefficient (Wildman–Crippen LogP) is 1.93. The van der Waals surface area contributed by atoms with Crippen LogP contribution >= 0.6 is 0 Å². The van der Waals surface area contributed by atoms with Crippen LogP contribution in [-0.4, -0.2) is 39.8 Å². The van der Waals surface area contributed by atoms with Crippen molar-refractivity contribution in [1.29, 1.82) is 0 Å². The summed E-state index contributed by atoms with van der Waals surface area (Å²) in [6.07, 6.45) is 2.85. The number of carbonyl (C=O) groups excluding carboxylic acids is 1. The van der Waals surface area contributed by atoms with Crippen LogP contribution in [-0.2, 0) is 14.1 Å². The number of alkyl halides is 1. The van der Waals surface area contributed by atoms with Crippen LogP contribution in [0.5, 0.6) is 0 Å². The van der Waals surface area contributed by atoms with Gasteiger partial charge in [0.1, 0.15) is 11.8 Å². The molecular formula is C17H21BFN3O3. The van der Waals surface area contributed by atoms with Gasteiger partial charge in [0.25, 0.3) is 0 Å². The van der Waals surface area contributed by atoms with E-state index < -0.39 is 30.4 Å². The van der Waals surface area contributed by atoms with Gasteiger partial charge < -0.3 is 19.0 Å². The molecule has 0 aromatic carbocycles. The van der Waals surface area contributed by atoms with Crippen LogP contribution < -0.4 is 10.8 Å². The van der Waals surface area contributed by atoms with Crippen LogP contribution in [0.1, 0.15) is 34.1 Å². The second kappa shape index (κ2) is 5.28. The van der Waals surface area contributed by atoms with Crippen molar-refractivity contribution in [2.24, 2.45) is 5.92 Å². The van der Waals surface area contributed by atoms with E-state index >= 15 is 0 Å². The number of fused-ring (bicyclic) bond motifs is 1. The van der Waals surface area contributed by atoms with E-state index in [1.165, 1.54) is 0 Å². The molecular weight excluding hydrogens is 324 g/mol. The topological polar surface area (TPSA) is 64.9 Å². The predicted molar refractivity (Wildman–Crippen MR) is 92.5 cm³/mol. The molecule has 2 aromatic rings. The van der Waals surface area contributed by atoms with Gasteiger partial charge in [0.15, 0.2) is 5.82 Å². The highest BCUT2D eigenvalue weighted by molar-refractivity contribution is 6.62. The molecule has 2 atom stereocenters. The van der Waals surface area contributed by atoms with Gasteiger partial charge in [-0.1, -0.05) is 6.07 Å². The van der Waals surface area contributed by atoms with Gasteiger partial charge >= 0.3 is 7.12 Å². The smallest absolute Gasteiger partial charge is 0.399 e. The lowest BCUT2D eigenvalue weighted by Crippen LogP contribution is -2.41. The zero-order chi connectivity index (χ0) is 18.0. The second-order valence-corrected chi connectivity index (χ2v) is 7.79. The van der Waals surface area contributed by atoms with E-state index in [9.17, 15) is 9.18 Å². The minimum absolute atomic E-state index is 0.297. The Labute approximate surface area is 145 Å². The SMILES string of the molecule is CC1(C)OB(c2ccc3nc(NC(=O)[C@@H]4C[C@@H]4F)cn3c2)OC1(C)C. The zero-order valence-electron chi connectivity index (χ0n) is 14.7. The first-order chi connectivity index (χ1) is 11.7. The van der Waals surface area contributed by atoms with Gasteiger partial charge in [0.2, 0.25) is 5.91 Å². The molecule has 1 aliphatic heterocycles. The lowest BCUT2D eigenvalue weighted by Gasteiger charge is -2.32. The van der Waals surface area contributed by atoms with Gasteiger partial charge in [-0.3, -0.25) is 4.79 Å². The van der Waals surface area contributed by atoms with Gasteiger partial charge in [-0.15, -0.1) is 0 Å². The first-order valence-corrected chi connectivity index (χ1v) is 8.45. The van der Waals surface area contributed by atoms with Crippen molar-refractivity contribution in [1.82, 2.24) is 9.38 Å². The van der Waals surface area contributed by atoms with E-state index in [0.717, 1.165) is 5.46 Å². The largest absolute Gasteiger partial charge is 0.496 e. The molecule has 0 spiro atoms. The molecule has 2 aromatic heterocycles. The molecule has 2 aliphatic rings. The monoisotopic (exact) mass is 345 g/mol. The van der Waals surface area contributed by atoms with Gasteiger partial charge in [-0.05, 0) is 45.6 Å². The molecule has 2 fully saturated rings. The van der Waals surface area contributed by atoms with Gasteiger partial charge in [-0.2, -0.15) is 0 Å². The maximum atomic E-state index is 13.0. The molecule has 1 N–H and O–H groups in total. The van der Waals surface area contributed by atoms with Crippen molar-refractivity contribution in [3.05, 3.63) is 24.5 Å². The van der Waals surface area contributed by atoms with Gasteiger partial charge in [0.05, 0.1) is 23.3 Å². The number of pyridine rings is 1. The summed E-state index contributed by atoms with van der Waals surface area (Å²) in [6, 6.07) is 3.74. The third kappa shape index (κ3) is 2.83. The number of nitrogens with one attached hydrogen (secondary N) is 1. The molecule has 1 saturated heterocycles. The molecule has 8 heteroatoms. The quantitative estimate of drug-likeness (QED) is 0.864. The zero-order valence-corrected chi connectivity index (χ0v) is 14.7. The highest BCUT2D eigenvalue weighted by Gasteiger charge is 2.51. The van der Waals surface area contributed by atoms with Crippen LogP contribution in [0.3, 0.4) is 0 Å². The van der Waals surface area contributed by atoms with Crippen LogP contribution in [0.25, 0.3) is 5.65 Å². The van der Waals surface area contributed by atoms with Gasteiger partial charge in [-0.25, -0.2) is 9.37 Å². The molecule has 25 heavy (non-hydrogen) atoms. The van der Waals surface area contributed by atoms with Crippen molar-refractivity contribution in [2.45, 2.75) is 51.5 Å². The Kier molecular flexibility index (Phi) is 3.50. The lowest BCUT2D eigenvalue weighted by molar-refractivity contribution is -0.117. The van der Waals surface area contributed by atoms with E-state index in [1.807, 2.05) is 46.0 Å². The molecule has 1 saturated carbocycles. The van der Waals surface area contributed by atoms with Crippen molar-refractivity contribution >= 4 is 30.0 Å². The van der Waals surface area contributed by atoms with Crippen LogP contribution in [0, 0.1) is 5.92 Å². The number of hydrogen-bond donors (Lipinski definition) is 1. The summed E-state index contributed by atoms with van der Waals surface area (Å²) in [5.41, 5.74) is 0.734. The second-order valence-electron chi connectivity index (χ2n) is 7.79. The Morgan fingerprint density at radius 2 is 1.92 bits per heavy atom. The molecule has 4 rings (SSSR count). The normalized spacial score (nSPS) is 26.8. The fourth-order valence-corrected chi connectivity index (χ4v) is 2.84. The molecule has 3 heterocycles. The lowest BCUT2D eigenvalue weighted by atomic mass is 9.80. The number of aromatic nitrogens is 2. The minimum atomic E-state index is -1.02. The summed E-state index contributed by atoms with van der Waals surface area (Å²) in [5, 5.41) is 2.67. The molecule has 6 nitrogen and oxygen atoms in total. The number of nitrogens with zero attached hydrogens (tertiary/aromatic N) is 2. The number of hydrogen-bond acceptors (Lipinski definition) is 4. The van der Waals surface area contributed by atoms with E-state index in [1.54, 1.807) is 10.6 Å². The molecule has 132 valence electrons. The molecule has 0 radical (unpaired) electrons. The summed E-state index contributed by atoms with van der Waals surface area (Å²) in [4.78, 5) is 16.2. The fraction of sp³-hybridized carbons (Fsp3) is 0.529. The number of amides is 1. The number of anilines is 1. The molecule has 0 bridgehead atoms. The fourth-order valence-electron chi connectivity index (χ4n) is 2.84. The van der Waals surface area contributed by atoms with Gasteiger partial charge in [0, 0.05) is 6.20 Å². The summed E-state index contributed by atoms with van der Waals surface area (Å²) in [6.45, 7) is 8.03. The first kappa shape index (κ1) is 16.5. The third-order valence-electron chi connectivity index (χ3n) is 5.30. The number of halogens is 1. The standard InChI is InChI=1S/C17H21BFN3O3/c1-16(2)17(3,4)25-18(24-16)10-5-6-14-20-13(9-22(14)8-10)21-15(23)11-7-12(11)19/h5-6,8-9,11-12H,7H2,1-4H3,(H,21,23)/t11-,12+/m1/s1.